The molecule has 1 aliphatic heterocycles. The van der Waals surface area contributed by atoms with Crippen LogP contribution in [0.1, 0.15) is 35.2 Å². The van der Waals surface area contributed by atoms with Crippen LogP contribution in [0.15, 0.2) is 54.9 Å². The van der Waals surface area contributed by atoms with E-state index in [2.05, 4.69) is 27.9 Å². The van der Waals surface area contributed by atoms with E-state index in [1.54, 1.807) is 6.20 Å². The quantitative estimate of drug-likeness (QED) is 0.432. The van der Waals surface area contributed by atoms with Crippen LogP contribution >= 0.6 is 0 Å². The van der Waals surface area contributed by atoms with E-state index < -0.39 is 18.1 Å². The summed E-state index contributed by atoms with van der Waals surface area (Å²) in [6.45, 7) is 1.82. The molecular formula is C26H31N5O4. The lowest BCUT2D eigenvalue weighted by atomic mass is 10.1. The molecule has 9 nitrogen and oxygen atoms in total. The minimum absolute atomic E-state index is 0.119. The number of aryl methyl sites for hydroxylation is 3. The average Bonchev–Trinajstić information content (AvgIpc) is 3.34. The summed E-state index contributed by atoms with van der Waals surface area (Å²) in [7, 11) is 1.29. The number of carbonyl (C=O) groups is 2. The number of nitrogens with zero attached hydrogens (tertiary/aromatic N) is 3. The van der Waals surface area contributed by atoms with Crippen LogP contribution in [-0.4, -0.2) is 46.5 Å². The van der Waals surface area contributed by atoms with Crippen molar-refractivity contribution in [3.8, 4) is 0 Å². The number of methoxy groups -OCH3 is 1. The topological polar surface area (TPSA) is 107 Å². The predicted molar refractivity (Wildman–Crippen MR) is 131 cm³/mol. The molecule has 0 radical (unpaired) electrons. The summed E-state index contributed by atoms with van der Waals surface area (Å²) in [6.07, 6.45) is 7.13. The Hall–Kier alpha value is -3.88. The van der Waals surface area contributed by atoms with Crippen LogP contribution in [0.5, 0.6) is 0 Å². The maximum absolute atomic E-state index is 12.2. The molecule has 0 aliphatic carbocycles. The second-order valence-corrected chi connectivity index (χ2v) is 8.54. The average molecular weight is 478 g/mol. The Morgan fingerprint density at radius 2 is 2.03 bits per heavy atom. The summed E-state index contributed by atoms with van der Waals surface area (Å²) in [5, 5.41) is 10.4. The number of esters is 1. The third-order valence-corrected chi connectivity index (χ3v) is 5.89. The van der Waals surface area contributed by atoms with Gasteiger partial charge in [-0.25, -0.2) is 14.6 Å². The first kappa shape index (κ1) is 24.3. The number of anilines is 1. The van der Waals surface area contributed by atoms with Crippen molar-refractivity contribution in [2.24, 2.45) is 0 Å². The fraction of sp³-hybridized carbons (Fsp3) is 0.385. The zero-order valence-electron chi connectivity index (χ0n) is 19.9. The van der Waals surface area contributed by atoms with E-state index in [-0.39, 0.29) is 13.0 Å². The van der Waals surface area contributed by atoms with Crippen LogP contribution in [-0.2, 0) is 46.7 Å². The van der Waals surface area contributed by atoms with Gasteiger partial charge in [-0.2, -0.15) is 5.10 Å². The molecule has 1 amide bonds. The van der Waals surface area contributed by atoms with E-state index in [9.17, 15) is 9.59 Å². The number of ether oxygens (including phenoxy) is 2. The summed E-state index contributed by atoms with van der Waals surface area (Å²) >= 11 is 0. The van der Waals surface area contributed by atoms with Gasteiger partial charge >= 0.3 is 12.1 Å². The molecule has 1 aliphatic rings. The molecule has 184 valence electrons. The van der Waals surface area contributed by atoms with Gasteiger partial charge in [-0.05, 0) is 48.4 Å². The Morgan fingerprint density at radius 3 is 2.86 bits per heavy atom. The van der Waals surface area contributed by atoms with Crippen molar-refractivity contribution in [1.29, 1.82) is 0 Å². The third kappa shape index (κ3) is 7.05. The fourth-order valence-electron chi connectivity index (χ4n) is 4.04. The summed E-state index contributed by atoms with van der Waals surface area (Å²) in [5.74, 6) is 0.472. The minimum Gasteiger partial charge on any atom is -0.467 e. The summed E-state index contributed by atoms with van der Waals surface area (Å²) in [4.78, 5) is 29.2. The highest BCUT2D eigenvalue weighted by molar-refractivity contribution is 5.81. The smallest absolute Gasteiger partial charge is 0.408 e. The van der Waals surface area contributed by atoms with Gasteiger partial charge in [-0.3, -0.25) is 4.68 Å². The number of hydrogen-bond donors (Lipinski definition) is 2. The second kappa shape index (κ2) is 12.0. The molecule has 1 atom stereocenters. The van der Waals surface area contributed by atoms with Crippen LogP contribution in [0.4, 0.5) is 10.6 Å². The first-order valence-electron chi connectivity index (χ1n) is 11.9. The van der Waals surface area contributed by atoms with Gasteiger partial charge in [0.1, 0.15) is 18.5 Å². The molecule has 9 heteroatoms. The SMILES string of the molecule is COC(=O)C(Cc1cnn(CCCc2ccc3c(n2)NCCC3)c1)NC(=O)OCc1ccccc1. The van der Waals surface area contributed by atoms with E-state index >= 15 is 0 Å². The molecule has 2 N–H and O–H groups in total. The number of benzene rings is 1. The Morgan fingerprint density at radius 1 is 1.17 bits per heavy atom. The highest BCUT2D eigenvalue weighted by atomic mass is 16.6. The lowest BCUT2D eigenvalue weighted by Crippen LogP contribution is -2.43. The maximum Gasteiger partial charge on any atom is 0.408 e. The highest BCUT2D eigenvalue weighted by Crippen LogP contribution is 2.20. The second-order valence-electron chi connectivity index (χ2n) is 8.54. The number of fused-ring (bicyclic) bond motifs is 1. The standard InChI is InChI=1S/C26H31N5O4/c1-34-25(32)23(30-26(33)35-18-19-7-3-2-4-8-19)15-20-16-28-31(17-20)14-6-10-22-12-11-21-9-5-13-27-24(21)29-22/h2-4,7-8,11-12,16-17,23H,5-6,9-10,13-15,18H2,1H3,(H,27,29)(H,30,33). The van der Waals surface area contributed by atoms with Crippen LogP contribution < -0.4 is 10.6 Å². The number of carbonyl (C=O) groups excluding carboxylic acids is 2. The van der Waals surface area contributed by atoms with E-state index in [4.69, 9.17) is 14.5 Å². The lowest BCUT2D eigenvalue weighted by Gasteiger charge is -2.17. The maximum atomic E-state index is 12.2. The van der Waals surface area contributed by atoms with Crippen molar-refractivity contribution in [2.75, 3.05) is 19.0 Å². The Kier molecular flexibility index (Phi) is 8.32. The number of amides is 1. The largest absolute Gasteiger partial charge is 0.467 e. The minimum atomic E-state index is -0.867. The van der Waals surface area contributed by atoms with E-state index in [0.29, 0.717) is 0 Å². The number of rotatable bonds is 10. The van der Waals surface area contributed by atoms with Crippen molar-refractivity contribution < 1.29 is 19.1 Å². The molecule has 0 saturated heterocycles. The van der Waals surface area contributed by atoms with Gasteiger partial charge in [0.2, 0.25) is 0 Å². The first-order chi connectivity index (χ1) is 17.1. The molecule has 0 fully saturated rings. The fourth-order valence-corrected chi connectivity index (χ4v) is 4.04. The number of alkyl carbamates (subject to hydrolysis) is 1. The molecule has 0 bridgehead atoms. The van der Waals surface area contributed by atoms with Crippen molar-refractivity contribution in [1.82, 2.24) is 20.1 Å². The van der Waals surface area contributed by atoms with Crippen LogP contribution in [0.25, 0.3) is 0 Å². The Labute approximate surface area is 204 Å². The van der Waals surface area contributed by atoms with E-state index in [1.807, 2.05) is 41.2 Å². The highest BCUT2D eigenvalue weighted by Gasteiger charge is 2.23. The number of hydrogen-bond acceptors (Lipinski definition) is 7. The molecule has 3 aromatic rings. The predicted octanol–water partition coefficient (Wildman–Crippen LogP) is 3.28. The normalized spacial score (nSPS) is 13.3. The zero-order chi connectivity index (χ0) is 24.5. The number of nitrogens with one attached hydrogen (secondary N) is 2. The van der Waals surface area contributed by atoms with Gasteiger partial charge in [0.25, 0.3) is 0 Å². The molecular weight excluding hydrogens is 446 g/mol. The Bertz CT molecular complexity index is 1130. The van der Waals surface area contributed by atoms with Crippen LogP contribution in [0.3, 0.4) is 0 Å². The first-order valence-corrected chi connectivity index (χ1v) is 11.9. The van der Waals surface area contributed by atoms with Crippen LogP contribution in [0.2, 0.25) is 0 Å². The molecule has 4 rings (SSSR count). The van der Waals surface area contributed by atoms with Gasteiger partial charge < -0.3 is 20.1 Å². The van der Waals surface area contributed by atoms with Gasteiger partial charge in [0, 0.05) is 31.4 Å². The molecule has 0 saturated carbocycles. The van der Waals surface area contributed by atoms with Crippen molar-refractivity contribution >= 4 is 17.9 Å². The molecule has 1 aromatic carbocycles. The molecule has 3 heterocycles. The summed E-state index contributed by atoms with van der Waals surface area (Å²) in [5.41, 5.74) is 4.03. The lowest BCUT2D eigenvalue weighted by molar-refractivity contribution is -0.143. The summed E-state index contributed by atoms with van der Waals surface area (Å²) < 4.78 is 11.9. The molecule has 2 aromatic heterocycles. The van der Waals surface area contributed by atoms with Gasteiger partial charge in [0.05, 0.1) is 13.3 Å². The van der Waals surface area contributed by atoms with Gasteiger partial charge in [-0.1, -0.05) is 36.4 Å². The summed E-state index contributed by atoms with van der Waals surface area (Å²) in [6, 6.07) is 12.7. The Balaban J connectivity index is 1.26. The van der Waals surface area contributed by atoms with Crippen molar-refractivity contribution in [2.45, 2.75) is 51.3 Å². The number of pyridine rings is 1. The van der Waals surface area contributed by atoms with Crippen molar-refractivity contribution in [3.05, 3.63) is 77.2 Å². The van der Waals surface area contributed by atoms with E-state index in [1.165, 1.54) is 12.7 Å². The molecule has 35 heavy (non-hydrogen) atoms. The monoisotopic (exact) mass is 477 g/mol. The number of aromatic nitrogens is 3. The van der Waals surface area contributed by atoms with Gasteiger partial charge in [0.15, 0.2) is 0 Å². The zero-order valence-corrected chi connectivity index (χ0v) is 19.9. The van der Waals surface area contributed by atoms with Crippen molar-refractivity contribution in [3.63, 3.8) is 0 Å². The molecule has 0 spiro atoms. The van der Waals surface area contributed by atoms with Crippen LogP contribution in [0, 0.1) is 0 Å². The van der Waals surface area contributed by atoms with Gasteiger partial charge in [-0.15, -0.1) is 0 Å². The third-order valence-electron chi connectivity index (χ3n) is 5.89. The molecule has 1 unspecified atom stereocenters. The van der Waals surface area contributed by atoms with E-state index in [0.717, 1.165) is 61.4 Å².